The third-order valence-electron chi connectivity index (χ3n) is 3.25. The van der Waals surface area contributed by atoms with Crippen molar-refractivity contribution in [3.63, 3.8) is 0 Å². The summed E-state index contributed by atoms with van der Waals surface area (Å²) in [5.41, 5.74) is 3.47. The van der Waals surface area contributed by atoms with Gasteiger partial charge in [-0.05, 0) is 29.7 Å². The van der Waals surface area contributed by atoms with Gasteiger partial charge in [0.25, 0.3) is 5.91 Å². The van der Waals surface area contributed by atoms with Crippen LogP contribution < -0.4 is 5.32 Å². The highest BCUT2D eigenvalue weighted by Gasteiger charge is 2.11. The molecule has 0 aromatic heterocycles. The maximum absolute atomic E-state index is 12.2. The predicted octanol–water partition coefficient (Wildman–Crippen LogP) is 4.61. The molecule has 0 bridgehead atoms. The molecular weight excluding hydrogens is 246 g/mol. The number of nitrogens with one attached hydrogen (secondary N) is 1. The number of benzene rings is 2. The van der Waals surface area contributed by atoms with Gasteiger partial charge in [-0.3, -0.25) is 4.79 Å². The summed E-state index contributed by atoms with van der Waals surface area (Å²) in [4.78, 5) is 12.2. The van der Waals surface area contributed by atoms with Crippen molar-refractivity contribution in [3.05, 3.63) is 72.3 Å². The van der Waals surface area contributed by atoms with Crippen LogP contribution in [0.5, 0.6) is 0 Å². The first-order chi connectivity index (χ1) is 9.59. The molecule has 0 aliphatic rings. The minimum Gasteiger partial charge on any atom is -0.321 e. The van der Waals surface area contributed by atoms with Crippen LogP contribution in [0.4, 0.5) is 5.69 Å². The molecule has 2 rings (SSSR count). The first kappa shape index (κ1) is 14.1. The number of amides is 1. The summed E-state index contributed by atoms with van der Waals surface area (Å²) < 4.78 is 0. The van der Waals surface area contributed by atoms with E-state index in [0.717, 1.165) is 16.8 Å². The minimum absolute atomic E-state index is 0.102. The maximum Gasteiger partial charge on any atom is 0.255 e. The van der Waals surface area contributed by atoms with Crippen molar-refractivity contribution in [2.24, 2.45) is 5.92 Å². The zero-order valence-electron chi connectivity index (χ0n) is 11.9. The van der Waals surface area contributed by atoms with Gasteiger partial charge in [0.2, 0.25) is 0 Å². The maximum atomic E-state index is 12.2. The normalized spacial score (nSPS) is 10.3. The van der Waals surface area contributed by atoms with E-state index in [-0.39, 0.29) is 5.91 Å². The van der Waals surface area contributed by atoms with Gasteiger partial charge < -0.3 is 5.32 Å². The second-order valence-corrected chi connectivity index (χ2v) is 5.05. The number of para-hydroxylation sites is 1. The molecule has 0 aliphatic heterocycles. The van der Waals surface area contributed by atoms with Gasteiger partial charge in [0.15, 0.2) is 0 Å². The molecule has 0 saturated carbocycles. The molecule has 0 fully saturated rings. The van der Waals surface area contributed by atoms with Crippen LogP contribution in [0.2, 0.25) is 0 Å². The minimum atomic E-state index is -0.102. The number of hydrogen-bond acceptors (Lipinski definition) is 1. The van der Waals surface area contributed by atoms with E-state index >= 15 is 0 Å². The van der Waals surface area contributed by atoms with Gasteiger partial charge in [-0.15, -0.1) is 0 Å². The lowest BCUT2D eigenvalue weighted by molar-refractivity contribution is 0.102. The van der Waals surface area contributed by atoms with E-state index < -0.39 is 0 Å². The molecule has 1 N–H and O–H groups in total. The molecular formula is C18H19NO. The molecule has 1 amide bonds. The number of anilines is 1. The van der Waals surface area contributed by atoms with Crippen molar-refractivity contribution in [3.8, 4) is 0 Å². The third-order valence-corrected chi connectivity index (χ3v) is 3.25. The van der Waals surface area contributed by atoms with Crippen molar-refractivity contribution < 1.29 is 4.79 Å². The average Bonchev–Trinajstić information content (AvgIpc) is 2.48. The Labute approximate surface area is 120 Å². The van der Waals surface area contributed by atoms with Crippen molar-refractivity contribution in [2.75, 3.05) is 5.32 Å². The quantitative estimate of drug-likeness (QED) is 0.859. The molecule has 2 heteroatoms. The first-order valence-electron chi connectivity index (χ1n) is 6.74. The number of carbonyl (C=O) groups is 1. The highest BCUT2D eigenvalue weighted by Crippen LogP contribution is 2.28. The van der Waals surface area contributed by atoms with Crippen LogP contribution in [0.25, 0.3) is 5.57 Å². The molecule has 0 heterocycles. The van der Waals surface area contributed by atoms with E-state index in [0.29, 0.717) is 11.5 Å². The van der Waals surface area contributed by atoms with E-state index in [2.05, 4.69) is 25.7 Å². The fourth-order valence-electron chi connectivity index (χ4n) is 1.97. The Morgan fingerprint density at radius 1 is 1.00 bits per heavy atom. The fraction of sp³-hybridized carbons (Fsp3) is 0.167. The molecule has 20 heavy (non-hydrogen) atoms. The molecule has 0 radical (unpaired) electrons. The topological polar surface area (TPSA) is 29.1 Å². The monoisotopic (exact) mass is 265 g/mol. The largest absolute Gasteiger partial charge is 0.321 e. The highest BCUT2D eigenvalue weighted by atomic mass is 16.1. The number of carbonyl (C=O) groups excluding carboxylic acids is 1. The number of hydrogen-bond donors (Lipinski definition) is 1. The fourth-order valence-corrected chi connectivity index (χ4v) is 1.97. The van der Waals surface area contributed by atoms with Crippen LogP contribution in [-0.2, 0) is 0 Å². The van der Waals surface area contributed by atoms with E-state index in [1.54, 1.807) is 12.1 Å². The van der Waals surface area contributed by atoms with Crippen LogP contribution >= 0.6 is 0 Å². The van der Waals surface area contributed by atoms with Crippen molar-refractivity contribution in [1.29, 1.82) is 0 Å². The Morgan fingerprint density at radius 2 is 1.60 bits per heavy atom. The Kier molecular flexibility index (Phi) is 4.36. The second kappa shape index (κ2) is 6.20. The van der Waals surface area contributed by atoms with Gasteiger partial charge in [-0.2, -0.15) is 0 Å². The standard InChI is InChI=1S/C18H19NO/c1-13(2)14(3)16-11-7-8-12-17(16)19-18(20)15-9-5-4-6-10-15/h4-13H,3H2,1-2H3,(H,19,20). The van der Waals surface area contributed by atoms with Crippen LogP contribution in [0.3, 0.4) is 0 Å². The van der Waals surface area contributed by atoms with Gasteiger partial charge in [0.1, 0.15) is 0 Å². The van der Waals surface area contributed by atoms with Crippen LogP contribution in [0.1, 0.15) is 29.8 Å². The van der Waals surface area contributed by atoms with E-state index in [4.69, 9.17) is 0 Å². The second-order valence-electron chi connectivity index (χ2n) is 5.05. The van der Waals surface area contributed by atoms with Gasteiger partial charge >= 0.3 is 0 Å². The van der Waals surface area contributed by atoms with Gasteiger partial charge in [-0.25, -0.2) is 0 Å². The zero-order valence-corrected chi connectivity index (χ0v) is 11.9. The van der Waals surface area contributed by atoms with Crippen molar-refractivity contribution in [1.82, 2.24) is 0 Å². The number of rotatable bonds is 4. The summed E-state index contributed by atoms with van der Waals surface area (Å²) in [5.74, 6) is 0.236. The smallest absolute Gasteiger partial charge is 0.255 e. The van der Waals surface area contributed by atoms with Gasteiger partial charge in [0, 0.05) is 16.8 Å². The summed E-state index contributed by atoms with van der Waals surface area (Å²) in [5, 5.41) is 2.96. The van der Waals surface area contributed by atoms with Crippen molar-refractivity contribution >= 4 is 17.2 Å². The SMILES string of the molecule is C=C(c1ccccc1NC(=O)c1ccccc1)C(C)C. The number of allylic oxidation sites excluding steroid dienone is 1. The summed E-state index contributed by atoms with van der Waals surface area (Å²) in [7, 11) is 0. The molecule has 0 aliphatic carbocycles. The summed E-state index contributed by atoms with van der Waals surface area (Å²) in [6.45, 7) is 8.30. The van der Waals surface area contributed by atoms with Crippen LogP contribution in [-0.4, -0.2) is 5.91 Å². The lowest BCUT2D eigenvalue weighted by Gasteiger charge is -2.15. The lowest BCUT2D eigenvalue weighted by atomic mass is 9.95. The Balaban J connectivity index is 2.26. The summed E-state index contributed by atoms with van der Waals surface area (Å²) in [6.07, 6.45) is 0. The molecule has 0 atom stereocenters. The first-order valence-corrected chi connectivity index (χ1v) is 6.74. The van der Waals surface area contributed by atoms with Gasteiger partial charge in [0.05, 0.1) is 0 Å². The van der Waals surface area contributed by atoms with Crippen molar-refractivity contribution in [2.45, 2.75) is 13.8 Å². The van der Waals surface area contributed by atoms with E-state index in [9.17, 15) is 4.79 Å². The molecule has 0 saturated heterocycles. The van der Waals surface area contributed by atoms with E-state index in [1.165, 1.54) is 0 Å². The summed E-state index contributed by atoms with van der Waals surface area (Å²) >= 11 is 0. The average molecular weight is 265 g/mol. The molecule has 2 nitrogen and oxygen atoms in total. The molecule has 2 aromatic carbocycles. The zero-order chi connectivity index (χ0) is 14.5. The predicted molar refractivity (Wildman–Crippen MR) is 84.7 cm³/mol. The molecule has 0 unspecified atom stereocenters. The van der Waals surface area contributed by atoms with Crippen LogP contribution in [0.15, 0.2) is 61.2 Å². The molecule has 102 valence electrons. The van der Waals surface area contributed by atoms with Crippen LogP contribution in [0, 0.1) is 5.92 Å². The Hall–Kier alpha value is -2.35. The third kappa shape index (κ3) is 3.15. The molecule has 0 spiro atoms. The molecule has 2 aromatic rings. The summed E-state index contributed by atoms with van der Waals surface area (Å²) in [6, 6.07) is 17.0. The van der Waals surface area contributed by atoms with Gasteiger partial charge in [-0.1, -0.05) is 56.8 Å². The van der Waals surface area contributed by atoms with E-state index in [1.807, 2.05) is 42.5 Å². The Bertz CT molecular complexity index is 614. The Morgan fingerprint density at radius 3 is 2.25 bits per heavy atom. The lowest BCUT2D eigenvalue weighted by Crippen LogP contribution is -2.13. The highest BCUT2D eigenvalue weighted by molar-refractivity contribution is 6.05.